The largest absolute Gasteiger partial charge is 0.324 e. The van der Waals surface area contributed by atoms with Gasteiger partial charge in [0.05, 0.1) is 6.54 Å². The maximum atomic E-state index is 5.67. The number of nitrogens with one attached hydrogen (secondary N) is 1. The second-order valence-corrected chi connectivity index (χ2v) is 8.22. The molecule has 4 fully saturated rings. The topological polar surface area (TPSA) is 67.6 Å². The van der Waals surface area contributed by atoms with Gasteiger partial charge in [-0.2, -0.15) is 5.10 Å². The van der Waals surface area contributed by atoms with E-state index in [1.165, 1.54) is 38.5 Å². The second kappa shape index (κ2) is 3.40. The van der Waals surface area contributed by atoms with Crippen molar-refractivity contribution < 1.29 is 0 Å². The van der Waals surface area contributed by atoms with Crippen LogP contribution in [0.25, 0.3) is 0 Å². The number of nitrogens with zero attached hydrogens (tertiary/aromatic N) is 2. The third-order valence-corrected chi connectivity index (χ3v) is 5.83. The van der Waals surface area contributed by atoms with Gasteiger partial charge in [-0.25, -0.2) is 4.98 Å². The molecule has 0 aliphatic heterocycles. The summed E-state index contributed by atoms with van der Waals surface area (Å²) in [6.07, 6.45) is 8.06. The smallest absolute Gasteiger partial charge is 0.156 e. The summed E-state index contributed by atoms with van der Waals surface area (Å²) in [6, 6.07) is 0. The van der Waals surface area contributed by atoms with E-state index in [1.54, 1.807) is 0 Å². The van der Waals surface area contributed by atoms with Crippen LogP contribution >= 0.6 is 0 Å². The maximum Gasteiger partial charge on any atom is 0.156 e. The first kappa shape index (κ1) is 11.9. The number of aromatic nitrogens is 3. The zero-order valence-corrected chi connectivity index (χ0v) is 12.0. The van der Waals surface area contributed by atoms with Gasteiger partial charge >= 0.3 is 0 Å². The van der Waals surface area contributed by atoms with Gasteiger partial charge in [-0.15, -0.1) is 0 Å². The van der Waals surface area contributed by atoms with Gasteiger partial charge in [0.2, 0.25) is 0 Å². The minimum absolute atomic E-state index is 0.229. The summed E-state index contributed by atoms with van der Waals surface area (Å²) >= 11 is 0. The van der Waals surface area contributed by atoms with E-state index in [0.29, 0.717) is 17.4 Å². The molecule has 4 nitrogen and oxygen atoms in total. The predicted octanol–water partition coefficient (Wildman–Crippen LogP) is 2.51. The molecule has 104 valence electrons. The number of hydrogen-bond acceptors (Lipinski definition) is 3. The molecule has 0 saturated heterocycles. The van der Waals surface area contributed by atoms with Crippen molar-refractivity contribution in [1.29, 1.82) is 0 Å². The van der Waals surface area contributed by atoms with Crippen LogP contribution in [-0.4, -0.2) is 15.2 Å². The number of nitrogens with two attached hydrogens (primary N) is 1. The maximum absolute atomic E-state index is 5.67. The van der Waals surface area contributed by atoms with Crippen molar-refractivity contribution in [2.75, 3.05) is 0 Å². The average molecular weight is 260 g/mol. The minimum Gasteiger partial charge on any atom is -0.324 e. The Balaban J connectivity index is 1.78. The van der Waals surface area contributed by atoms with Crippen molar-refractivity contribution in [1.82, 2.24) is 15.2 Å². The molecule has 0 amide bonds. The highest BCUT2D eigenvalue weighted by atomic mass is 15.2. The number of hydrogen-bond donors (Lipinski definition) is 2. The molecule has 0 radical (unpaired) electrons. The number of H-pyrrole nitrogens is 1. The first-order valence-electron chi connectivity index (χ1n) is 7.56. The number of rotatable bonds is 2. The zero-order valence-electron chi connectivity index (χ0n) is 12.0. The first-order chi connectivity index (χ1) is 8.94. The standard InChI is InChI=1S/C15H24N4/c1-13-3-10-4-14(2,7-13)9-15(5-10,8-13)12-17-11(6-16)18-19-12/h10H,3-9,16H2,1-2H3,(H,17,18,19). The fourth-order valence-corrected chi connectivity index (χ4v) is 6.32. The van der Waals surface area contributed by atoms with E-state index < -0.39 is 0 Å². The Bertz CT molecular complexity index is 502. The lowest BCUT2D eigenvalue weighted by molar-refractivity contribution is -0.112. The van der Waals surface area contributed by atoms with Crippen molar-refractivity contribution in [2.45, 2.75) is 64.3 Å². The van der Waals surface area contributed by atoms with Crippen LogP contribution in [0.3, 0.4) is 0 Å². The summed E-state index contributed by atoms with van der Waals surface area (Å²) in [5.74, 6) is 2.77. The highest BCUT2D eigenvalue weighted by Gasteiger charge is 2.61. The van der Waals surface area contributed by atoms with E-state index in [1.807, 2.05) is 0 Å². The van der Waals surface area contributed by atoms with Crippen LogP contribution in [0.4, 0.5) is 0 Å². The third-order valence-electron chi connectivity index (χ3n) is 5.83. The Morgan fingerprint density at radius 3 is 2.37 bits per heavy atom. The molecule has 0 spiro atoms. The van der Waals surface area contributed by atoms with E-state index in [-0.39, 0.29) is 5.41 Å². The second-order valence-electron chi connectivity index (χ2n) is 8.22. The molecule has 2 atom stereocenters. The van der Waals surface area contributed by atoms with E-state index in [4.69, 9.17) is 5.73 Å². The average Bonchev–Trinajstić information content (AvgIpc) is 2.72. The third kappa shape index (κ3) is 1.62. The normalized spacial score (nSPS) is 47.8. The number of aromatic amines is 1. The van der Waals surface area contributed by atoms with Crippen LogP contribution in [0.1, 0.15) is 64.0 Å². The molecule has 4 aliphatic rings. The Labute approximate surface area is 114 Å². The van der Waals surface area contributed by atoms with Crippen LogP contribution in [0.5, 0.6) is 0 Å². The summed E-state index contributed by atoms with van der Waals surface area (Å²) in [4.78, 5) is 4.69. The van der Waals surface area contributed by atoms with Crippen LogP contribution < -0.4 is 5.73 Å². The lowest BCUT2D eigenvalue weighted by Crippen LogP contribution is -2.57. The van der Waals surface area contributed by atoms with Crippen LogP contribution in [0, 0.1) is 16.7 Å². The molecule has 0 aromatic carbocycles. The molecule has 5 rings (SSSR count). The fourth-order valence-electron chi connectivity index (χ4n) is 6.32. The molecule has 3 N–H and O–H groups in total. The van der Waals surface area contributed by atoms with Crippen molar-refractivity contribution in [2.24, 2.45) is 22.5 Å². The van der Waals surface area contributed by atoms with Gasteiger partial charge in [0.15, 0.2) is 5.82 Å². The van der Waals surface area contributed by atoms with Crippen molar-refractivity contribution in [3.63, 3.8) is 0 Å². The minimum atomic E-state index is 0.229. The monoisotopic (exact) mass is 260 g/mol. The molecule has 1 aromatic heterocycles. The molecule has 4 saturated carbocycles. The molecular weight excluding hydrogens is 236 g/mol. The van der Waals surface area contributed by atoms with Crippen LogP contribution in [0.2, 0.25) is 0 Å². The SMILES string of the molecule is CC12CC3CC(C)(C1)CC(c1n[nH]c(CN)n1)(C3)C2. The summed E-state index contributed by atoms with van der Waals surface area (Å²) in [5.41, 5.74) is 6.93. The molecule has 4 aliphatic carbocycles. The molecule has 1 aromatic rings. The van der Waals surface area contributed by atoms with E-state index in [2.05, 4.69) is 29.0 Å². The highest BCUT2D eigenvalue weighted by Crippen LogP contribution is 2.69. The molecule has 1 heterocycles. The zero-order chi connectivity index (χ0) is 13.3. The van der Waals surface area contributed by atoms with E-state index in [0.717, 1.165) is 17.6 Å². The Morgan fingerprint density at radius 1 is 1.16 bits per heavy atom. The quantitative estimate of drug-likeness (QED) is 0.858. The first-order valence-corrected chi connectivity index (χ1v) is 7.56. The Kier molecular flexibility index (Phi) is 2.13. The summed E-state index contributed by atoms with van der Waals surface area (Å²) in [5, 5.41) is 7.54. The summed E-state index contributed by atoms with van der Waals surface area (Å²) in [6.45, 7) is 5.43. The van der Waals surface area contributed by atoms with Crippen molar-refractivity contribution in [3.05, 3.63) is 11.6 Å². The molecule has 2 unspecified atom stereocenters. The summed E-state index contributed by atoms with van der Waals surface area (Å²) < 4.78 is 0. The van der Waals surface area contributed by atoms with E-state index >= 15 is 0 Å². The molecule has 19 heavy (non-hydrogen) atoms. The van der Waals surface area contributed by atoms with Gasteiger partial charge in [0.25, 0.3) is 0 Å². The van der Waals surface area contributed by atoms with Gasteiger partial charge in [-0.3, -0.25) is 5.10 Å². The van der Waals surface area contributed by atoms with Crippen molar-refractivity contribution in [3.8, 4) is 0 Å². The lowest BCUT2D eigenvalue weighted by Gasteiger charge is -2.64. The molecular formula is C15H24N4. The van der Waals surface area contributed by atoms with Gasteiger partial charge < -0.3 is 5.73 Å². The van der Waals surface area contributed by atoms with Gasteiger partial charge in [-0.05, 0) is 55.3 Å². The van der Waals surface area contributed by atoms with Crippen molar-refractivity contribution >= 4 is 0 Å². The Morgan fingerprint density at radius 2 is 1.84 bits per heavy atom. The van der Waals surface area contributed by atoms with Gasteiger partial charge in [0, 0.05) is 5.41 Å². The highest BCUT2D eigenvalue weighted by molar-refractivity contribution is 5.21. The Hall–Kier alpha value is -0.900. The van der Waals surface area contributed by atoms with Gasteiger partial charge in [-0.1, -0.05) is 13.8 Å². The fraction of sp³-hybridized carbons (Fsp3) is 0.867. The lowest BCUT2D eigenvalue weighted by atomic mass is 9.40. The van der Waals surface area contributed by atoms with Gasteiger partial charge in [0.1, 0.15) is 5.82 Å². The predicted molar refractivity (Wildman–Crippen MR) is 73.4 cm³/mol. The van der Waals surface area contributed by atoms with Crippen LogP contribution in [0.15, 0.2) is 0 Å². The molecule has 4 heteroatoms. The van der Waals surface area contributed by atoms with E-state index in [9.17, 15) is 0 Å². The van der Waals surface area contributed by atoms with Crippen LogP contribution in [-0.2, 0) is 12.0 Å². The summed E-state index contributed by atoms with van der Waals surface area (Å²) in [7, 11) is 0. The molecule has 4 bridgehead atoms.